The lowest BCUT2D eigenvalue weighted by atomic mass is 10.0. The van der Waals surface area contributed by atoms with E-state index in [0.29, 0.717) is 24.7 Å². The van der Waals surface area contributed by atoms with E-state index in [4.69, 9.17) is 0 Å². The number of quaternary nitrogens is 2. The summed E-state index contributed by atoms with van der Waals surface area (Å²) in [5.41, 5.74) is 2.50. The fourth-order valence-electron chi connectivity index (χ4n) is 3.84. The Morgan fingerprint density at radius 2 is 1.50 bits per heavy atom. The van der Waals surface area contributed by atoms with Crippen molar-refractivity contribution in [1.29, 1.82) is 0 Å². The van der Waals surface area contributed by atoms with Gasteiger partial charge in [-0.25, -0.2) is 4.39 Å². The van der Waals surface area contributed by atoms with Crippen LogP contribution in [0.3, 0.4) is 0 Å². The molecule has 30 heavy (non-hydrogen) atoms. The van der Waals surface area contributed by atoms with Crippen LogP contribution in [0.5, 0.6) is 0 Å². The number of para-hydroxylation sites is 1. The van der Waals surface area contributed by atoms with Crippen LogP contribution in [0.4, 0.5) is 15.8 Å². The van der Waals surface area contributed by atoms with Crippen molar-refractivity contribution in [1.82, 2.24) is 0 Å². The molecule has 1 heterocycles. The first-order valence-corrected chi connectivity index (χ1v) is 10.5. The highest BCUT2D eigenvalue weighted by molar-refractivity contribution is 5.92. The molecule has 0 bridgehead atoms. The topological polar surface area (TPSA) is 67.1 Å². The Kier molecular flexibility index (Phi) is 7.54. The number of amides is 2. The standard InChI is InChI=1S/C23H29FN4O2/c1-17(2)20-8-3-4-9-21(20)26-23(30)16-28-12-10-27(11-13-28)15-22(29)25-19-7-5-6-18(24)14-19/h3-9,14,17H,10-13,15-16H2,1-2H3,(H,25,29)(H,26,30)/p+2. The maximum atomic E-state index is 13.2. The van der Waals surface area contributed by atoms with Crippen molar-refractivity contribution in [3.05, 3.63) is 59.9 Å². The monoisotopic (exact) mass is 414 g/mol. The predicted molar refractivity (Wildman–Crippen MR) is 115 cm³/mol. The third-order valence-corrected chi connectivity index (χ3v) is 5.45. The molecule has 4 N–H and O–H groups in total. The van der Waals surface area contributed by atoms with Crippen LogP contribution in [-0.4, -0.2) is 51.1 Å². The average Bonchev–Trinajstić information content (AvgIpc) is 2.69. The van der Waals surface area contributed by atoms with Crippen LogP contribution in [0, 0.1) is 5.82 Å². The molecule has 1 aliphatic heterocycles. The van der Waals surface area contributed by atoms with Gasteiger partial charge >= 0.3 is 0 Å². The second kappa shape index (κ2) is 10.3. The Hall–Kier alpha value is -2.77. The summed E-state index contributed by atoms with van der Waals surface area (Å²) in [6.07, 6.45) is 0. The van der Waals surface area contributed by atoms with Crippen molar-refractivity contribution in [2.75, 3.05) is 49.9 Å². The molecule has 0 unspecified atom stereocenters. The smallest absolute Gasteiger partial charge is 0.279 e. The molecule has 7 heteroatoms. The van der Waals surface area contributed by atoms with Crippen LogP contribution < -0.4 is 20.4 Å². The van der Waals surface area contributed by atoms with E-state index in [1.807, 2.05) is 24.3 Å². The Morgan fingerprint density at radius 3 is 2.10 bits per heavy atom. The molecule has 160 valence electrons. The Labute approximate surface area is 177 Å². The van der Waals surface area contributed by atoms with E-state index in [9.17, 15) is 14.0 Å². The second-order valence-electron chi connectivity index (χ2n) is 8.20. The molecule has 1 aliphatic rings. The molecule has 0 radical (unpaired) electrons. The molecule has 1 saturated heterocycles. The van der Waals surface area contributed by atoms with Crippen LogP contribution in [-0.2, 0) is 9.59 Å². The van der Waals surface area contributed by atoms with Crippen molar-refractivity contribution in [2.45, 2.75) is 19.8 Å². The second-order valence-corrected chi connectivity index (χ2v) is 8.20. The first-order chi connectivity index (χ1) is 14.4. The summed E-state index contributed by atoms with van der Waals surface area (Å²) in [6, 6.07) is 13.8. The summed E-state index contributed by atoms with van der Waals surface area (Å²) in [4.78, 5) is 27.1. The number of benzene rings is 2. The normalized spacial score (nSPS) is 18.8. The van der Waals surface area contributed by atoms with E-state index in [-0.39, 0.29) is 17.6 Å². The van der Waals surface area contributed by atoms with Gasteiger partial charge in [0.1, 0.15) is 32.0 Å². The molecular formula is C23H31FN4O2+2. The summed E-state index contributed by atoms with van der Waals surface area (Å²) in [6.45, 7) is 8.31. The number of rotatable bonds is 7. The zero-order chi connectivity index (χ0) is 21.5. The van der Waals surface area contributed by atoms with Gasteiger partial charge in [0.25, 0.3) is 11.8 Å². The molecule has 0 spiro atoms. The maximum absolute atomic E-state index is 13.2. The van der Waals surface area contributed by atoms with Gasteiger partial charge in [-0.05, 0) is 35.7 Å². The molecule has 0 atom stereocenters. The Balaban J connectivity index is 1.42. The van der Waals surface area contributed by atoms with Crippen molar-refractivity contribution in [3.8, 4) is 0 Å². The Morgan fingerprint density at radius 1 is 0.900 bits per heavy atom. The first kappa shape index (κ1) is 21.9. The Bertz CT molecular complexity index is 879. The molecule has 0 saturated carbocycles. The number of halogens is 1. The fourth-order valence-corrected chi connectivity index (χ4v) is 3.84. The van der Waals surface area contributed by atoms with E-state index in [0.717, 1.165) is 37.4 Å². The van der Waals surface area contributed by atoms with Crippen LogP contribution in [0.15, 0.2) is 48.5 Å². The predicted octanol–water partition coefficient (Wildman–Crippen LogP) is 0.310. The van der Waals surface area contributed by atoms with Crippen LogP contribution in [0.25, 0.3) is 0 Å². The van der Waals surface area contributed by atoms with Gasteiger partial charge in [-0.15, -0.1) is 0 Å². The molecule has 2 amide bonds. The highest BCUT2D eigenvalue weighted by Gasteiger charge is 2.26. The lowest BCUT2D eigenvalue weighted by Gasteiger charge is -2.29. The summed E-state index contributed by atoms with van der Waals surface area (Å²) in [7, 11) is 0. The van der Waals surface area contributed by atoms with Gasteiger partial charge in [-0.1, -0.05) is 38.1 Å². The highest BCUT2D eigenvalue weighted by Crippen LogP contribution is 2.23. The molecule has 0 aliphatic carbocycles. The van der Waals surface area contributed by atoms with E-state index >= 15 is 0 Å². The minimum atomic E-state index is -0.369. The lowest BCUT2D eigenvalue weighted by molar-refractivity contribution is -1.00. The number of carbonyl (C=O) groups excluding carboxylic acids is 2. The van der Waals surface area contributed by atoms with Gasteiger partial charge in [0.05, 0.1) is 0 Å². The number of hydrogen-bond donors (Lipinski definition) is 4. The first-order valence-electron chi connectivity index (χ1n) is 10.5. The van der Waals surface area contributed by atoms with E-state index in [1.54, 1.807) is 12.1 Å². The van der Waals surface area contributed by atoms with Gasteiger partial charge in [0.2, 0.25) is 0 Å². The molecule has 2 aromatic carbocycles. The van der Waals surface area contributed by atoms with Crippen molar-refractivity contribution < 1.29 is 23.8 Å². The van der Waals surface area contributed by atoms with Gasteiger partial charge in [0.15, 0.2) is 13.1 Å². The quantitative estimate of drug-likeness (QED) is 0.527. The summed E-state index contributed by atoms with van der Waals surface area (Å²) < 4.78 is 13.2. The third kappa shape index (κ3) is 6.37. The number of anilines is 2. The molecule has 3 rings (SSSR count). The molecule has 6 nitrogen and oxygen atoms in total. The van der Waals surface area contributed by atoms with Gasteiger partial charge in [-0.2, -0.15) is 0 Å². The van der Waals surface area contributed by atoms with Crippen LogP contribution >= 0.6 is 0 Å². The third-order valence-electron chi connectivity index (χ3n) is 5.45. The number of hydrogen-bond acceptors (Lipinski definition) is 2. The average molecular weight is 415 g/mol. The highest BCUT2D eigenvalue weighted by atomic mass is 19.1. The minimum absolute atomic E-state index is 0.0189. The number of carbonyl (C=O) groups is 2. The van der Waals surface area contributed by atoms with E-state index in [1.165, 1.54) is 21.9 Å². The summed E-state index contributed by atoms with van der Waals surface area (Å²) >= 11 is 0. The molecular weight excluding hydrogens is 383 g/mol. The van der Waals surface area contributed by atoms with E-state index in [2.05, 4.69) is 24.5 Å². The molecule has 0 aromatic heterocycles. The molecule has 2 aromatic rings. The van der Waals surface area contributed by atoms with Gasteiger partial charge < -0.3 is 20.4 Å². The minimum Gasteiger partial charge on any atom is -0.321 e. The fraction of sp³-hybridized carbons (Fsp3) is 0.391. The largest absolute Gasteiger partial charge is 0.321 e. The summed E-state index contributed by atoms with van der Waals surface area (Å²) in [5.74, 6) is -0.126. The zero-order valence-corrected chi connectivity index (χ0v) is 17.6. The number of piperazine rings is 1. The van der Waals surface area contributed by atoms with Crippen LogP contribution in [0.1, 0.15) is 25.3 Å². The lowest BCUT2D eigenvalue weighted by Crippen LogP contribution is -3.28. The maximum Gasteiger partial charge on any atom is 0.279 e. The number of nitrogens with one attached hydrogen (secondary N) is 4. The van der Waals surface area contributed by atoms with Crippen molar-refractivity contribution in [3.63, 3.8) is 0 Å². The van der Waals surface area contributed by atoms with Crippen molar-refractivity contribution >= 4 is 23.2 Å². The van der Waals surface area contributed by atoms with E-state index < -0.39 is 0 Å². The zero-order valence-electron chi connectivity index (χ0n) is 17.6. The summed E-state index contributed by atoms with van der Waals surface area (Å²) in [5, 5.41) is 5.80. The molecule has 1 fully saturated rings. The SMILES string of the molecule is CC(C)c1ccccc1NC(=O)C[NH+]1CC[NH+](CC(=O)Nc2cccc(F)c2)CC1. The van der Waals surface area contributed by atoms with Crippen molar-refractivity contribution in [2.24, 2.45) is 0 Å². The van der Waals surface area contributed by atoms with Gasteiger partial charge in [-0.3, -0.25) is 9.59 Å². The van der Waals surface area contributed by atoms with Crippen LogP contribution in [0.2, 0.25) is 0 Å². The van der Waals surface area contributed by atoms with Gasteiger partial charge in [0, 0.05) is 11.4 Å².